The second-order valence-corrected chi connectivity index (χ2v) is 5.36. The summed E-state index contributed by atoms with van der Waals surface area (Å²) in [5.41, 5.74) is -0.146. The highest BCUT2D eigenvalue weighted by Gasteiger charge is 2.34. The Balaban J connectivity index is 2.13. The number of rotatable bonds is 3. The summed E-state index contributed by atoms with van der Waals surface area (Å²) in [5.74, 6) is -0.281. The molecule has 1 heterocycles. The van der Waals surface area contributed by atoms with Gasteiger partial charge in [-0.2, -0.15) is 0 Å². The Morgan fingerprint density at radius 1 is 1.44 bits per heavy atom. The highest BCUT2D eigenvalue weighted by molar-refractivity contribution is 6.41. The summed E-state index contributed by atoms with van der Waals surface area (Å²) in [6.07, 6.45) is 5.00. The Kier molecular flexibility index (Phi) is 4.10. The zero-order chi connectivity index (χ0) is 13.2. The molecule has 1 saturated carbocycles. The quantitative estimate of drug-likeness (QED) is 0.840. The van der Waals surface area contributed by atoms with E-state index in [4.69, 9.17) is 23.2 Å². The number of aliphatic hydroxyl groups is 1. The van der Waals surface area contributed by atoms with Crippen LogP contribution in [-0.4, -0.2) is 28.1 Å². The summed E-state index contributed by atoms with van der Waals surface area (Å²) >= 11 is 11.5. The van der Waals surface area contributed by atoms with E-state index < -0.39 is 5.54 Å². The first-order valence-corrected chi connectivity index (χ1v) is 6.56. The van der Waals surface area contributed by atoms with Crippen molar-refractivity contribution in [2.45, 2.75) is 31.2 Å². The molecule has 4 nitrogen and oxygen atoms in total. The van der Waals surface area contributed by atoms with E-state index in [1.807, 2.05) is 0 Å². The minimum Gasteiger partial charge on any atom is -0.394 e. The van der Waals surface area contributed by atoms with Gasteiger partial charge in [0.2, 0.25) is 0 Å². The number of aliphatic hydroxyl groups excluding tert-OH is 1. The molecule has 0 radical (unpaired) electrons. The van der Waals surface area contributed by atoms with Crippen LogP contribution >= 0.6 is 23.2 Å². The van der Waals surface area contributed by atoms with Gasteiger partial charge in [-0.05, 0) is 18.9 Å². The van der Waals surface area contributed by atoms with Gasteiger partial charge in [-0.15, -0.1) is 0 Å². The normalized spacial score (nSPS) is 17.7. The average Bonchev–Trinajstić information content (AvgIpc) is 2.82. The zero-order valence-corrected chi connectivity index (χ0v) is 11.3. The van der Waals surface area contributed by atoms with Crippen LogP contribution in [0.3, 0.4) is 0 Å². The summed E-state index contributed by atoms with van der Waals surface area (Å²) in [7, 11) is 0. The fourth-order valence-electron chi connectivity index (χ4n) is 2.23. The summed E-state index contributed by atoms with van der Waals surface area (Å²) in [6.45, 7) is -0.0481. The third kappa shape index (κ3) is 2.76. The van der Waals surface area contributed by atoms with Gasteiger partial charge in [0.25, 0.3) is 5.91 Å². The molecule has 98 valence electrons. The van der Waals surface area contributed by atoms with Crippen molar-refractivity contribution >= 4 is 29.1 Å². The fourth-order valence-corrected chi connectivity index (χ4v) is 2.50. The van der Waals surface area contributed by atoms with Gasteiger partial charge in [0, 0.05) is 6.20 Å². The molecule has 1 aliphatic carbocycles. The summed E-state index contributed by atoms with van der Waals surface area (Å²) in [4.78, 5) is 15.9. The van der Waals surface area contributed by atoms with Crippen LogP contribution in [0.2, 0.25) is 10.2 Å². The molecule has 0 aliphatic heterocycles. The molecule has 18 heavy (non-hydrogen) atoms. The first-order valence-electron chi connectivity index (χ1n) is 5.81. The largest absolute Gasteiger partial charge is 0.394 e. The SMILES string of the molecule is O=C(NC1(CO)CCCC1)c1cnc(Cl)c(Cl)c1. The highest BCUT2D eigenvalue weighted by Crippen LogP contribution is 2.29. The topological polar surface area (TPSA) is 62.2 Å². The maximum atomic E-state index is 12.1. The number of nitrogens with one attached hydrogen (secondary N) is 1. The van der Waals surface area contributed by atoms with Crippen molar-refractivity contribution in [2.75, 3.05) is 6.61 Å². The third-order valence-corrected chi connectivity index (χ3v) is 3.99. The van der Waals surface area contributed by atoms with Gasteiger partial charge in [0.05, 0.1) is 22.7 Å². The molecular formula is C12H14Cl2N2O2. The molecule has 1 aromatic rings. The molecule has 0 unspecified atom stereocenters. The van der Waals surface area contributed by atoms with Gasteiger partial charge in [-0.3, -0.25) is 4.79 Å². The van der Waals surface area contributed by atoms with Gasteiger partial charge in [0.1, 0.15) is 5.15 Å². The van der Waals surface area contributed by atoms with Crippen LogP contribution in [0.1, 0.15) is 36.0 Å². The maximum absolute atomic E-state index is 12.1. The van der Waals surface area contributed by atoms with E-state index >= 15 is 0 Å². The van der Waals surface area contributed by atoms with E-state index in [-0.39, 0.29) is 22.7 Å². The van der Waals surface area contributed by atoms with Crippen molar-refractivity contribution in [3.05, 3.63) is 28.0 Å². The van der Waals surface area contributed by atoms with Gasteiger partial charge >= 0.3 is 0 Å². The van der Waals surface area contributed by atoms with Crippen molar-refractivity contribution in [1.29, 1.82) is 0 Å². The van der Waals surface area contributed by atoms with Crippen molar-refractivity contribution in [3.8, 4) is 0 Å². The Morgan fingerprint density at radius 3 is 2.67 bits per heavy atom. The molecule has 1 amide bonds. The molecule has 2 N–H and O–H groups in total. The van der Waals surface area contributed by atoms with Crippen LogP contribution in [0.4, 0.5) is 0 Å². The van der Waals surface area contributed by atoms with Gasteiger partial charge < -0.3 is 10.4 Å². The third-order valence-electron chi connectivity index (χ3n) is 3.30. The lowest BCUT2D eigenvalue weighted by atomic mass is 9.98. The number of amides is 1. The standard InChI is InChI=1S/C12H14Cl2N2O2/c13-9-5-8(6-15-10(9)14)11(18)16-12(7-17)3-1-2-4-12/h5-6,17H,1-4,7H2,(H,16,18). The lowest BCUT2D eigenvalue weighted by molar-refractivity contribution is 0.0838. The summed E-state index contributed by atoms with van der Waals surface area (Å²) < 4.78 is 0. The van der Waals surface area contributed by atoms with E-state index in [1.54, 1.807) is 0 Å². The summed E-state index contributed by atoms with van der Waals surface area (Å²) in [5, 5.41) is 12.7. The smallest absolute Gasteiger partial charge is 0.253 e. The number of carbonyl (C=O) groups is 1. The molecule has 1 aliphatic rings. The van der Waals surface area contributed by atoms with E-state index in [0.29, 0.717) is 5.56 Å². The lowest BCUT2D eigenvalue weighted by Crippen LogP contribution is -2.49. The minimum absolute atomic E-state index is 0.0481. The predicted octanol–water partition coefficient (Wildman–Crippen LogP) is 2.42. The maximum Gasteiger partial charge on any atom is 0.253 e. The second kappa shape index (κ2) is 5.43. The van der Waals surface area contributed by atoms with Gasteiger partial charge in [0.15, 0.2) is 0 Å². The van der Waals surface area contributed by atoms with Crippen LogP contribution in [0.25, 0.3) is 0 Å². The van der Waals surface area contributed by atoms with Crippen LogP contribution in [0.5, 0.6) is 0 Å². The molecule has 1 fully saturated rings. The Labute approximate surface area is 115 Å². The average molecular weight is 289 g/mol. The van der Waals surface area contributed by atoms with Crippen LogP contribution in [0.15, 0.2) is 12.3 Å². The Hall–Kier alpha value is -0.840. The monoisotopic (exact) mass is 288 g/mol. The first-order chi connectivity index (χ1) is 8.56. The number of hydrogen-bond acceptors (Lipinski definition) is 3. The molecular weight excluding hydrogens is 275 g/mol. The number of pyridine rings is 1. The fraction of sp³-hybridized carbons (Fsp3) is 0.500. The van der Waals surface area contributed by atoms with Crippen molar-refractivity contribution in [2.24, 2.45) is 0 Å². The van der Waals surface area contributed by atoms with Crippen molar-refractivity contribution in [3.63, 3.8) is 0 Å². The predicted molar refractivity (Wildman–Crippen MR) is 70.0 cm³/mol. The second-order valence-electron chi connectivity index (χ2n) is 4.60. The molecule has 6 heteroatoms. The number of halogens is 2. The molecule has 0 saturated heterocycles. The Morgan fingerprint density at radius 2 is 2.11 bits per heavy atom. The van der Waals surface area contributed by atoms with E-state index in [9.17, 15) is 9.90 Å². The molecule has 0 bridgehead atoms. The zero-order valence-electron chi connectivity index (χ0n) is 9.75. The minimum atomic E-state index is -0.497. The molecule has 0 aromatic carbocycles. The van der Waals surface area contributed by atoms with Crippen molar-refractivity contribution in [1.82, 2.24) is 10.3 Å². The van der Waals surface area contributed by atoms with Gasteiger partial charge in [-0.1, -0.05) is 36.0 Å². The number of aromatic nitrogens is 1. The van der Waals surface area contributed by atoms with Crippen LogP contribution in [-0.2, 0) is 0 Å². The molecule has 0 spiro atoms. The first kappa shape index (κ1) is 13.6. The number of hydrogen-bond donors (Lipinski definition) is 2. The molecule has 0 atom stereocenters. The molecule has 2 rings (SSSR count). The van der Waals surface area contributed by atoms with Crippen LogP contribution in [0, 0.1) is 0 Å². The van der Waals surface area contributed by atoms with Crippen LogP contribution < -0.4 is 5.32 Å². The van der Waals surface area contributed by atoms with E-state index in [1.165, 1.54) is 12.3 Å². The van der Waals surface area contributed by atoms with E-state index in [0.717, 1.165) is 25.7 Å². The van der Waals surface area contributed by atoms with E-state index in [2.05, 4.69) is 10.3 Å². The lowest BCUT2D eigenvalue weighted by Gasteiger charge is -2.27. The molecule has 1 aromatic heterocycles. The summed E-state index contributed by atoms with van der Waals surface area (Å²) in [6, 6.07) is 1.48. The number of nitrogens with zero attached hydrogens (tertiary/aromatic N) is 1. The highest BCUT2D eigenvalue weighted by atomic mass is 35.5. The number of carbonyl (C=O) groups excluding carboxylic acids is 1. The van der Waals surface area contributed by atoms with Gasteiger partial charge in [-0.25, -0.2) is 4.98 Å². The van der Waals surface area contributed by atoms with Crippen molar-refractivity contribution < 1.29 is 9.90 Å². The Bertz CT molecular complexity index is 459.